The van der Waals surface area contributed by atoms with E-state index in [-0.39, 0.29) is 5.82 Å². The molecule has 3 nitrogen and oxygen atoms in total. The van der Waals surface area contributed by atoms with Crippen LogP contribution in [0.3, 0.4) is 0 Å². The van der Waals surface area contributed by atoms with Crippen molar-refractivity contribution in [2.24, 2.45) is 5.92 Å². The molecule has 0 saturated carbocycles. The molecule has 1 aliphatic rings. The maximum Gasteiger partial charge on any atom is 0.412 e. The molecule has 96 valence electrons. The number of nitrogens with two attached hydrogens (primary N) is 1. The average Bonchev–Trinajstić information content (AvgIpc) is 2.29. The topological polar surface area (TPSA) is 51.8 Å². The third-order valence-corrected chi connectivity index (χ3v) is 2.83. The van der Waals surface area contributed by atoms with E-state index in [4.69, 9.17) is 5.73 Å². The van der Waals surface area contributed by atoms with Crippen LogP contribution in [0.15, 0.2) is 30.1 Å². The highest BCUT2D eigenvalue weighted by Gasteiger charge is 2.37. The lowest BCUT2D eigenvalue weighted by Gasteiger charge is -2.22. The summed E-state index contributed by atoms with van der Waals surface area (Å²) in [7, 11) is 0. The fraction of sp³-hybridized carbons (Fsp3) is 0.333. The monoisotopic (exact) mass is 255 g/mol. The second kappa shape index (κ2) is 4.44. The predicted molar refractivity (Wildman–Crippen MR) is 62.3 cm³/mol. The minimum absolute atomic E-state index is 0.239. The molecule has 1 unspecified atom stereocenters. The van der Waals surface area contributed by atoms with Gasteiger partial charge in [0, 0.05) is 5.57 Å². The molecule has 1 aliphatic carbocycles. The maximum atomic E-state index is 12.8. The Bertz CT molecular complexity index is 500. The van der Waals surface area contributed by atoms with Crippen LogP contribution >= 0.6 is 0 Å². The summed E-state index contributed by atoms with van der Waals surface area (Å²) in [6.07, 6.45) is 1.61. The number of alkyl halides is 3. The van der Waals surface area contributed by atoms with E-state index in [9.17, 15) is 13.2 Å². The van der Waals surface area contributed by atoms with Gasteiger partial charge in [0.2, 0.25) is 0 Å². The van der Waals surface area contributed by atoms with Crippen LogP contribution in [0, 0.1) is 5.92 Å². The summed E-state index contributed by atoms with van der Waals surface area (Å²) in [6, 6.07) is 0. The summed E-state index contributed by atoms with van der Waals surface area (Å²) in [5, 5.41) is 0. The second-order valence-electron chi connectivity index (χ2n) is 4.22. The first-order valence-electron chi connectivity index (χ1n) is 5.45. The van der Waals surface area contributed by atoms with Crippen molar-refractivity contribution in [1.82, 2.24) is 9.97 Å². The zero-order chi connectivity index (χ0) is 13.3. The van der Waals surface area contributed by atoms with E-state index in [1.165, 1.54) is 12.4 Å². The summed E-state index contributed by atoms with van der Waals surface area (Å²) in [5.74, 6) is -0.293. The van der Waals surface area contributed by atoms with Gasteiger partial charge < -0.3 is 5.73 Å². The third-order valence-electron chi connectivity index (χ3n) is 2.83. The van der Waals surface area contributed by atoms with Gasteiger partial charge in [-0.3, -0.25) is 4.98 Å². The molecule has 0 fully saturated rings. The van der Waals surface area contributed by atoms with Crippen molar-refractivity contribution in [1.29, 1.82) is 0 Å². The zero-order valence-electron chi connectivity index (χ0n) is 9.70. The molecule has 1 heterocycles. The summed E-state index contributed by atoms with van der Waals surface area (Å²) in [6.45, 7) is 1.56. The van der Waals surface area contributed by atoms with Gasteiger partial charge in [0.1, 0.15) is 5.82 Å². The molecule has 0 saturated heterocycles. The number of nitrogen functional groups attached to an aromatic ring is 1. The van der Waals surface area contributed by atoms with Crippen LogP contribution < -0.4 is 5.73 Å². The van der Waals surface area contributed by atoms with Crippen molar-refractivity contribution in [2.75, 3.05) is 5.73 Å². The largest absolute Gasteiger partial charge is 0.412 e. The standard InChI is InChI=1S/C12H12F3N3/c1-7-2-3-8(4-9(7)12(13,14)15)10-5-18-11(16)6-17-10/h3-7H,2H2,1H3,(H2,16,18). The minimum atomic E-state index is -4.31. The summed E-state index contributed by atoms with van der Waals surface area (Å²) < 4.78 is 38.4. The van der Waals surface area contributed by atoms with Gasteiger partial charge in [-0.1, -0.05) is 13.0 Å². The molecule has 0 spiro atoms. The number of hydrogen-bond donors (Lipinski definition) is 1. The van der Waals surface area contributed by atoms with E-state index in [1.807, 2.05) is 0 Å². The van der Waals surface area contributed by atoms with Crippen molar-refractivity contribution in [3.05, 3.63) is 35.8 Å². The van der Waals surface area contributed by atoms with Gasteiger partial charge >= 0.3 is 6.18 Å². The Morgan fingerprint density at radius 3 is 2.56 bits per heavy atom. The maximum absolute atomic E-state index is 12.8. The predicted octanol–water partition coefficient (Wildman–Crippen LogP) is 2.97. The van der Waals surface area contributed by atoms with Gasteiger partial charge in [-0.25, -0.2) is 4.98 Å². The normalized spacial score (nSPS) is 20.3. The molecular weight excluding hydrogens is 243 g/mol. The molecule has 0 aromatic carbocycles. The highest BCUT2D eigenvalue weighted by Crippen LogP contribution is 2.38. The SMILES string of the molecule is CC1CC=C(c2cnc(N)cn2)C=C1C(F)(F)F. The van der Waals surface area contributed by atoms with Gasteiger partial charge in [0.15, 0.2) is 0 Å². The van der Waals surface area contributed by atoms with Crippen molar-refractivity contribution in [2.45, 2.75) is 19.5 Å². The summed E-state index contributed by atoms with van der Waals surface area (Å²) in [5.41, 5.74) is 5.70. The molecule has 0 aliphatic heterocycles. The quantitative estimate of drug-likeness (QED) is 0.839. The van der Waals surface area contributed by atoms with Crippen molar-refractivity contribution in [3.8, 4) is 0 Å². The number of hydrogen-bond acceptors (Lipinski definition) is 3. The molecule has 6 heteroatoms. The van der Waals surface area contributed by atoms with Gasteiger partial charge in [-0.15, -0.1) is 0 Å². The lowest BCUT2D eigenvalue weighted by Crippen LogP contribution is -2.20. The lowest BCUT2D eigenvalue weighted by molar-refractivity contribution is -0.0983. The van der Waals surface area contributed by atoms with Gasteiger partial charge in [-0.2, -0.15) is 13.2 Å². The van der Waals surface area contributed by atoms with E-state index in [1.54, 1.807) is 13.0 Å². The lowest BCUT2D eigenvalue weighted by atomic mass is 9.88. The van der Waals surface area contributed by atoms with Crippen LogP contribution in [0.1, 0.15) is 19.0 Å². The molecule has 2 rings (SSSR count). The molecule has 2 N–H and O–H groups in total. The first-order chi connectivity index (χ1) is 8.38. The van der Waals surface area contributed by atoms with E-state index >= 15 is 0 Å². The Morgan fingerprint density at radius 2 is 2.00 bits per heavy atom. The van der Waals surface area contributed by atoms with Crippen molar-refractivity contribution in [3.63, 3.8) is 0 Å². The number of allylic oxidation sites excluding steroid dienone is 4. The first kappa shape index (κ1) is 12.6. The number of halogens is 3. The van der Waals surface area contributed by atoms with E-state index in [0.29, 0.717) is 17.7 Å². The second-order valence-corrected chi connectivity index (χ2v) is 4.22. The molecule has 1 aromatic heterocycles. The number of anilines is 1. The number of rotatable bonds is 1. The van der Waals surface area contributed by atoms with Crippen LogP contribution in [0.4, 0.5) is 19.0 Å². The van der Waals surface area contributed by atoms with Gasteiger partial charge in [0.25, 0.3) is 0 Å². The van der Waals surface area contributed by atoms with Crippen molar-refractivity contribution < 1.29 is 13.2 Å². The molecule has 1 aromatic rings. The van der Waals surface area contributed by atoms with Gasteiger partial charge in [0.05, 0.1) is 18.1 Å². The van der Waals surface area contributed by atoms with Crippen LogP contribution in [0.5, 0.6) is 0 Å². The molecule has 1 atom stereocenters. The fourth-order valence-electron chi connectivity index (χ4n) is 1.83. The van der Waals surface area contributed by atoms with Gasteiger partial charge in [-0.05, 0) is 24.0 Å². The Labute approximate surface area is 102 Å². The van der Waals surface area contributed by atoms with E-state index < -0.39 is 17.7 Å². The fourth-order valence-corrected chi connectivity index (χ4v) is 1.83. The average molecular weight is 255 g/mol. The van der Waals surface area contributed by atoms with Crippen LogP contribution in [-0.4, -0.2) is 16.1 Å². The Kier molecular flexibility index (Phi) is 3.11. The summed E-state index contributed by atoms with van der Waals surface area (Å²) in [4.78, 5) is 7.80. The number of aromatic nitrogens is 2. The molecule has 0 amide bonds. The molecule has 18 heavy (non-hydrogen) atoms. The van der Waals surface area contributed by atoms with E-state index in [0.717, 1.165) is 6.08 Å². The Morgan fingerprint density at radius 1 is 1.28 bits per heavy atom. The van der Waals surface area contributed by atoms with Crippen LogP contribution in [0.25, 0.3) is 5.57 Å². The number of nitrogens with zero attached hydrogens (tertiary/aromatic N) is 2. The Balaban J connectivity index is 2.36. The minimum Gasteiger partial charge on any atom is -0.382 e. The zero-order valence-corrected chi connectivity index (χ0v) is 9.70. The highest BCUT2D eigenvalue weighted by molar-refractivity contribution is 5.73. The van der Waals surface area contributed by atoms with Crippen molar-refractivity contribution >= 4 is 11.4 Å². The third kappa shape index (κ3) is 2.52. The first-order valence-corrected chi connectivity index (χ1v) is 5.45. The summed E-state index contributed by atoms with van der Waals surface area (Å²) >= 11 is 0. The Hall–Kier alpha value is -1.85. The van der Waals surface area contributed by atoms with E-state index in [2.05, 4.69) is 9.97 Å². The van der Waals surface area contributed by atoms with Crippen LogP contribution in [0.2, 0.25) is 0 Å². The molecule has 0 radical (unpaired) electrons. The molecule has 0 bridgehead atoms. The highest BCUT2D eigenvalue weighted by atomic mass is 19.4. The molecular formula is C12H12F3N3. The van der Waals surface area contributed by atoms with Crippen LogP contribution in [-0.2, 0) is 0 Å². The smallest absolute Gasteiger partial charge is 0.382 e.